The molecular weight excluding hydrogens is 271 g/mol. The summed E-state index contributed by atoms with van der Waals surface area (Å²) >= 11 is 6.28. The van der Waals surface area contributed by atoms with Crippen molar-refractivity contribution in [1.29, 1.82) is 0 Å². The van der Waals surface area contributed by atoms with Crippen molar-refractivity contribution in [2.24, 2.45) is 5.73 Å². The lowest BCUT2D eigenvalue weighted by molar-refractivity contribution is 0.305. The number of thiazole rings is 1. The van der Waals surface area contributed by atoms with E-state index in [1.165, 1.54) is 17.4 Å². The van der Waals surface area contributed by atoms with E-state index in [4.69, 9.17) is 22.7 Å². The quantitative estimate of drug-likeness (QED) is 0.856. The van der Waals surface area contributed by atoms with E-state index in [-0.39, 0.29) is 11.6 Å². The first-order valence-corrected chi connectivity index (χ1v) is 6.51. The molecule has 0 amide bonds. The second-order valence-corrected chi connectivity index (χ2v) is 5.07. The number of nitrogens with two attached hydrogens (primary N) is 1. The highest BCUT2D eigenvalue weighted by Gasteiger charge is 2.05. The van der Waals surface area contributed by atoms with E-state index in [0.29, 0.717) is 18.0 Å². The molecule has 1 aromatic carbocycles. The molecule has 0 aliphatic heterocycles. The minimum atomic E-state index is -0.361. The number of halogens is 1. The van der Waals surface area contributed by atoms with Crippen LogP contribution in [-0.2, 0) is 6.42 Å². The van der Waals surface area contributed by atoms with Crippen molar-refractivity contribution < 1.29 is 9.13 Å². The van der Waals surface area contributed by atoms with Gasteiger partial charge < -0.3 is 10.5 Å². The van der Waals surface area contributed by atoms with Gasteiger partial charge >= 0.3 is 0 Å². The number of thiocarbonyl (C=S) groups is 1. The molecule has 1 aromatic heterocycles. The molecule has 3 nitrogen and oxygen atoms in total. The molecule has 0 aliphatic carbocycles. The molecule has 0 unspecified atom stereocenters. The van der Waals surface area contributed by atoms with Gasteiger partial charge in [0, 0.05) is 12.6 Å². The molecule has 0 spiro atoms. The van der Waals surface area contributed by atoms with Crippen molar-refractivity contribution >= 4 is 28.5 Å². The van der Waals surface area contributed by atoms with Gasteiger partial charge in [0.2, 0.25) is 0 Å². The van der Waals surface area contributed by atoms with Crippen molar-refractivity contribution in [3.63, 3.8) is 0 Å². The molecule has 1 heterocycles. The average Bonchev–Trinajstić information content (AvgIpc) is 2.80. The van der Waals surface area contributed by atoms with E-state index >= 15 is 0 Å². The van der Waals surface area contributed by atoms with Crippen molar-refractivity contribution in [3.8, 4) is 5.75 Å². The summed E-state index contributed by atoms with van der Waals surface area (Å²) in [6, 6.07) is 6.31. The van der Waals surface area contributed by atoms with Crippen LogP contribution in [0.5, 0.6) is 5.75 Å². The number of aromatic nitrogens is 1. The van der Waals surface area contributed by atoms with E-state index in [9.17, 15) is 4.39 Å². The van der Waals surface area contributed by atoms with Crippen LogP contribution in [-0.4, -0.2) is 16.6 Å². The van der Waals surface area contributed by atoms with Crippen LogP contribution in [0, 0.1) is 5.82 Å². The molecule has 0 saturated heterocycles. The number of nitrogens with zero attached hydrogens (tertiary/aromatic N) is 1. The predicted octanol–water partition coefficient (Wildman–Crippen LogP) is 2.54. The van der Waals surface area contributed by atoms with Gasteiger partial charge in [-0.1, -0.05) is 24.4 Å². The highest BCUT2D eigenvalue weighted by atomic mass is 32.1. The lowest BCUT2D eigenvalue weighted by atomic mass is 10.3. The minimum absolute atomic E-state index is 0.253. The maximum Gasteiger partial charge on any atom is 0.165 e. The lowest BCUT2D eigenvalue weighted by Gasteiger charge is -2.05. The Hall–Kier alpha value is -1.53. The molecular formula is C12H11FN2OS2. The fourth-order valence-electron chi connectivity index (χ4n) is 1.35. The Morgan fingerprint density at radius 3 is 2.89 bits per heavy atom. The zero-order valence-electron chi connectivity index (χ0n) is 9.43. The highest BCUT2D eigenvalue weighted by Crippen LogP contribution is 2.17. The minimum Gasteiger partial charge on any atom is -0.490 e. The SMILES string of the molecule is NC(=S)c1cnc(CCOc2ccccc2F)s1. The standard InChI is InChI=1S/C12H11FN2OS2/c13-8-3-1-2-4-9(8)16-6-5-11-15-7-10(18-11)12(14)17/h1-4,7H,5-6H2,(H2,14,17). The Kier molecular flexibility index (Phi) is 4.22. The van der Waals surface area contributed by atoms with Crippen LogP contribution < -0.4 is 10.5 Å². The maximum absolute atomic E-state index is 13.3. The van der Waals surface area contributed by atoms with Crippen LogP contribution in [0.25, 0.3) is 0 Å². The van der Waals surface area contributed by atoms with Crippen molar-refractivity contribution in [3.05, 3.63) is 46.2 Å². The summed E-state index contributed by atoms with van der Waals surface area (Å²) in [5, 5.41) is 0.870. The van der Waals surface area contributed by atoms with E-state index in [2.05, 4.69) is 4.98 Å². The number of hydrogen-bond acceptors (Lipinski definition) is 4. The number of hydrogen-bond donors (Lipinski definition) is 1. The third-order valence-corrected chi connectivity index (χ3v) is 3.65. The maximum atomic E-state index is 13.3. The van der Waals surface area contributed by atoms with E-state index < -0.39 is 0 Å². The molecule has 2 aromatic rings. The first-order valence-electron chi connectivity index (χ1n) is 5.28. The van der Waals surface area contributed by atoms with Crippen LogP contribution in [0.15, 0.2) is 30.5 Å². The Morgan fingerprint density at radius 2 is 2.22 bits per heavy atom. The summed E-state index contributed by atoms with van der Waals surface area (Å²) in [6.45, 7) is 0.366. The topological polar surface area (TPSA) is 48.1 Å². The smallest absolute Gasteiger partial charge is 0.165 e. The first-order chi connectivity index (χ1) is 8.66. The summed E-state index contributed by atoms with van der Waals surface area (Å²) in [5.41, 5.74) is 5.49. The molecule has 0 radical (unpaired) electrons. The summed E-state index contributed by atoms with van der Waals surface area (Å²) in [4.78, 5) is 5.29. The van der Waals surface area contributed by atoms with Crippen molar-refractivity contribution in [1.82, 2.24) is 4.98 Å². The third kappa shape index (κ3) is 3.24. The van der Waals surface area contributed by atoms with Gasteiger partial charge in [0.25, 0.3) is 0 Å². The highest BCUT2D eigenvalue weighted by molar-refractivity contribution is 7.81. The Morgan fingerprint density at radius 1 is 1.44 bits per heavy atom. The lowest BCUT2D eigenvalue weighted by Crippen LogP contribution is -2.06. The fourth-order valence-corrected chi connectivity index (χ4v) is 2.28. The van der Waals surface area contributed by atoms with Crippen LogP contribution >= 0.6 is 23.6 Å². The molecule has 0 saturated carbocycles. The number of ether oxygens (including phenoxy) is 1. The van der Waals surface area contributed by atoms with Gasteiger partial charge in [-0.3, -0.25) is 0 Å². The first kappa shape index (κ1) is 12.9. The van der Waals surface area contributed by atoms with E-state index in [0.717, 1.165) is 9.88 Å². The van der Waals surface area contributed by atoms with Gasteiger partial charge in [0.15, 0.2) is 11.6 Å². The summed E-state index contributed by atoms with van der Waals surface area (Å²) in [7, 11) is 0. The normalized spacial score (nSPS) is 10.3. The average molecular weight is 282 g/mol. The second kappa shape index (κ2) is 5.88. The van der Waals surface area contributed by atoms with Crippen LogP contribution in [0.3, 0.4) is 0 Å². The Balaban J connectivity index is 1.88. The molecule has 2 N–H and O–H groups in total. The molecule has 0 atom stereocenters. The number of para-hydroxylation sites is 1. The molecule has 0 bridgehead atoms. The number of benzene rings is 1. The number of rotatable bonds is 5. The fraction of sp³-hybridized carbons (Fsp3) is 0.167. The molecule has 18 heavy (non-hydrogen) atoms. The molecule has 0 aliphatic rings. The van der Waals surface area contributed by atoms with Crippen LogP contribution in [0.4, 0.5) is 4.39 Å². The van der Waals surface area contributed by atoms with Gasteiger partial charge in [-0.2, -0.15) is 0 Å². The third-order valence-electron chi connectivity index (χ3n) is 2.21. The zero-order valence-corrected chi connectivity index (χ0v) is 11.1. The largest absolute Gasteiger partial charge is 0.490 e. The predicted molar refractivity (Wildman–Crippen MR) is 73.6 cm³/mol. The molecule has 94 valence electrons. The molecule has 6 heteroatoms. The van der Waals surface area contributed by atoms with E-state index in [1.807, 2.05) is 0 Å². The summed E-state index contributed by atoms with van der Waals surface area (Å²) in [6.07, 6.45) is 2.24. The second-order valence-electron chi connectivity index (χ2n) is 3.51. The van der Waals surface area contributed by atoms with Crippen LogP contribution in [0.1, 0.15) is 9.88 Å². The zero-order chi connectivity index (χ0) is 13.0. The monoisotopic (exact) mass is 282 g/mol. The van der Waals surface area contributed by atoms with Gasteiger partial charge in [0.1, 0.15) is 4.99 Å². The van der Waals surface area contributed by atoms with Gasteiger partial charge in [-0.25, -0.2) is 9.37 Å². The van der Waals surface area contributed by atoms with Crippen molar-refractivity contribution in [2.45, 2.75) is 6.42 Å². The summed E-state index contributed by atoms with van der Waals surface area (Å²) < 4.78 is 18.6. The van der Waals surface area contributed by atoms with Gasteiger partial charge in [-0.05, 0) is 12.1 Å². The Labute approximate surface area is 113 Å². The van der Waals surface area contributed by atoms with Crippen LogP contribution in [0.2, 0.25) is 0 Å². The Bertz CT molecular complexity index is 557. The molecule has 2 rings (SSSR count). The van der Waals surface area contributed by atoms with Gasteiger partial charge in [0.05, 0.1) is 16.5 Å². The van der Waals surface area contributed by atoms with Crippen molar-refractivity contribution in [2.75, 3.05) is 6.61 Å². The van der Waals surface area contributed by atoms with Gasteiger partial charge in [-0.15, -0.1) is 11.3 Å². The summed E-state index contributed by atoms with van der Waals surface area (Å²) in [5.74, 6) is -0.107. The molecule has 0 fully saturated rings. The van der Waals surface area contributed by atoms with E-state index in [1.54, 1.807) is 24.4 Å².